The van der Waals surface area contributed by atoms with Crippen LogP contribution in [0.15, 0.2) is 96.3 Å². The number of nitrogens with zero attached hydrogens (tertiary/aromatic N) is 1. The molecule has 0 bridgehead atoms. The lowest BCUT2D eigenvalue weighted by Gasteiger charge is -2.27. The van der Waals surface area contributed by atoms with Gasteiger partial charge in [-0.2, -0.15) is 0 Å². The molecule has 39 heavy (non-hydrogen) atoms. The molecule has 0 saturated carbocycles. The number of rotatable bonds is 13. The second-order valence-electron chi connectivity index (χ2n) is 9.03. The lowest BCUT2D eigenvalue weighted by molar-refractivity contribution is -0.129. The van der Waals surface area contributed by atoms with E-state index in [1.807, 2.05) is 67.6 Å². The van der Waals surface area contributed by atoms with Gasteiger partial charge in [0.15, 0.2) is 23.0 Å². The Morgan fingerprint density at radius 1 is 0.974 bits per heavy atom. The monoisotopic (exact) mass is 527 g/mol. The summed E-state index contributed by atoms with van der Waals surface area (Å²) in [6.07, 6.45) is 3.61. The van der Waals surface area contributed by atoms with Gasteiger partial charge in [0.2, 0.25) is 0 Å². The molecule has 4 rings (SSSR count). The summed E-state index contributed by atoms with van der Waals surface area (Å²) in [6, 6.07) is 23.7. The first-order valence-corrected chi connectivity index (χ1v) is 13.0. The predicted molar refractivity (Wildman–Crippen MR) is 149 cm³/mol. The van der Waals surface area contributed by atoms with Crippen LogP contribution in [0.5, 0.6) is 11.5 Å². The van der Waals surface area contributed by atoms with E-state index in [-0.39, 0.29) is 5.57 Å². The minimum absolute atomic E-state index is 0.0324. The Morgan fingerprint density at radius 3 is 2.38 bits per heavy atom. The molecule has 3 aromatic carbocycles. The first kappa shape index (κ1) is 27.7. The number of hydrogen-bond donors (Lipinski definition) is 1. The Kier molecular flexibility index (Phi) is 9.53. The summed E-state index contributed by atoms with van der Waals surface area (Å²) in [5, 5.41) is 10.9. The largest absolute Gasteiger partial charge is 0.503 e. The van der Waals surface area contributed by atoms with Crippen LogP contribution >= 0.6 is 0 Å². The number of methoxy groups -OCH3 is 1. The van der Waals surface area contributed by atoms with Crippen LogP contribution in [-0.4, -0.2) is 48.6 Å². The quantitative estimate of drug-likeness (QED) is 0.227. The van der Waals surface area contributed by atoms with E-state index >= 15 is 0 Å². The third kappa shape index (κ3) is 6.75. The summed E-state index contributed by atoms with van der Waals surface area (Å²) < 4.78 is 17.1. The standard InChI is InChI=1S/C32H33NO6/c1-3-38-28-21-25(16-18-27(28)39-22-24-13-8-5-9-14-24)30-29(26(34)17-15-23-11-6-4-7-12-23)31(35)32(36)33(30)19-10-20-37-2/h4-9,11-18,21,30,35H,3,10,19-20,22H2,1-2H3/b17-15+. The summed E-state index contributed by atoms with van der Waals surface area (Å²) in [5.41, 5.74) is 2.52. The van der Waals surface area contributed by atoms with E-state index in [4.69, 9.17) is 14.2 Å². The number of amides is 1. The second kappa shape index (κ2) is 13.4. The molecule has 7 nitrogen and oxygen atoms in total. The van der Waals surface area contributed by atoms with Gasteiger partial charge in [0, 0.05) is 20.3 Å². The average Bonchev–Trinajstić information content (AvgIpc) is 3.22. The third-order valence-corrected chi connectivity index (χ3v) is 6.36. The number of ketones is 1. The Morgan fingerprint density at radius 2 is 1.69 bits per heavy atom. The van der Waals surface area contributed by atoms with Crippen LogP contribution in [0.25, 0.3) is 6.08 Å². The van der Waals surface area contributed by atoms with E-state index in [1.165, 1.54) is 11.0 Å². The molecule has 1 N–H and O–H groups in total. The van der Waals surface area contributed by atoms with E-state index in [2.05, 4.69) is 0 Å². The van der Waals surface area contributed by atoms with Gasteiger partial charge in [0.1, 0.15) is 6.61 Å². The van der Waals surface area contributed by atoms with Crippen molar-refractivity contribution >= 4 is 17.8 Å². The molecule has 0 fully saturated rings. The number of aliphatic hydroxyl groups is 1. The lowest BCUT2D eigenvalue weighted by Crippen LogP contribution is -2.32. The molecule has 0 radical (unpaired) electrons. The average molecular weight is 528 g/mol. The van der Waals surface area contributed by atoms with Crippen LogP contribution < -0.4 is 9.47 Å². The van der Waals surface area contributed by atoms with Gasteiger partial charge in [0.25, 0.3) is 5.91 Å². The van der Waals surface area contributed by atoms with Gasteiger partial charge in [-0.25, -0.2) is 0 Å². The van der Waals surface area contributed by atoms with Crippen molar-refractivity contribution in [3.05, 3.63) is 113 Å². The van der Waals surface area contributed by atoms with Gasteiger partial charge in [-0.15, -0.1) is 0 Å². The lowest BCUT2D eigenvalue weighted by atomic mass is 9.95. The summed E-state index contributed by atoms with van der Waals surface area (Å²) in [4.78, 5) is 28.1. The molecule has 1 amide bonds. The molecule has 1 atom stereocenters. The molecule has 0 saturated heterocycles. The molecular formula is C32H33NO6. The van der Waals surface area contributed by atoms with Gasteiger partial charge in [-0.05, 0) is 48.2 Å². The van der Waals surface area contributed by atoms with Crippen LogP contribution in [-0.2, 0) is 20.9 Å². The van der Waals surface area contributed by atoms with Crippen LogP contribution in [0.4, 0.5) is 0 Å². The fraction of sp³-hybridized carbons (Fsp3) is 0.250. The molecule has 1 heterocycles. The molecule has 1 aliphatic rings. The number of allylic oxidation sites excluding steroid dienone is 1. The van der Waals surface area contributed by atoms with Crippen molar-refractivity contribution in [1.82, 2.24) is 4.90 Å². The molecule has 202 valence electrons. The van der Waals surface area contributed by atoms with Crippen molar-refractivity contribution in [2.45, 2.75) is 26.0 Å². The topological polar surface area (TPSA) is 85.3 Å². The minimum atomic E-state index is -0.787. The molecule has 1 unspecified atom stereocenters. The first-order valence-electron chi connectivity index (χ1n) is 13.0. The van der Waals surface area contributed by atoms with Crippen molar-refractivity contribution in [2.24, 2.45) is 0 Å². The first-order chi connectivity index (χ1) is 19.0. The summed E-state index contributed by atoms with van der Waals surface area (Å²) >= 11 is 0. The van der Waals surface area contributed by atoms with E-state index in [0.29, 0.717) is 49.8 Å². The zero-order valence-electron chi connectivity index (χ0n) is 22.2. The molecule has 0 spiro atoms. The zero-order valence-corrected chi connectivity index (χ0v) is 22.2. The Balaban J connectivity index is 1.67. The highest BCUT2D eigenvalue weighted by Crippen LogP contribution is 2.41. The Hall–Kier alpha value is -4.36. The number of carbonyl (C=O) groups is 2. The number of aliphatic hydroxyl groups excluding tert-OH is 1. The van der Waals surface area contributed by atoms with Gasteiger partial charge in [-0.3, -0.25) is 9.59 Å². The zero-order chi connectivity index (χ0) is 27.6. The van der Waals surface area contributed by atoms with Crippen LogP contribution in [0.3, 0.4) is 0 Å². The summed E-state index contributed by atoms with van der Waals surface area (Å²) in [7, 11) is 1.59. The van der Waals surface area contributed by atoms with Crippen molar-refractivity contribution in [3.8, 4) is 11.5 Å². The van der Waals surface area contributed by atoms with E-state index in [1.54, 1.807) is 31.4 Å². The number of ether oxygens (including phenoxy) is 3. The predicted octanol–water partition coefficient (Wildman–Crippen LogP) is 5.68. The van der Waals surface area contributed by atoms with Crippen molar-refractivity contribution in [3.63, 3.8) is 0 Å². The molecule has 1 aliphatic heterocycles. The fourth-order valence-electron chi connectivity index (χ4n) is 4.51. The molecule has 0 aromatic heterocycles. The number of hydrogen-bond acceptors (Lipinski definition) is 6. The highest BCUT2D eigenvalue weighted by molar-refractivity contribution is 6.14. The molecular weight excluding hydrogens is 494 g/mol. The maximum Gasteiger partial charge on any atom is 0.290 e. The highest BCUT2D eigenvalue weighted by Gasteiger charge is 2.42. The summed E-state index contributed by atoms with van der Waals surface area (Å²) in [5.74, 6) is -0.526. The second-order valence-corrected chi connectivity index (χ2v) is 9.03. The Bertz CT molecular complexity index is 1330. The van der Waals surface area contributed by atoms with Crippen molar-refractivity contribution < 1.29 is 28.9 Å². The van der Waals surface area contributed by atoms with Crippen LogP contribution in [0, 0.1) is 0 Å². The minimum Gasteiger partial charge on any atom is -0.503 e. The van der Waals surface area contributed by atoms with E-state index < -0.39 is 23.5 Å². The fourth-order valence-corrected chi connectivity index (χ4v) is 4.51. The van der Waals surface area contributed by atoms with Crippen LogP contribution in [0.2, 0.25) is 0 Å². The smallest absolute Gasteiger partial charge is 0.290 e. The molecule has 0 aliphatic carbocycles. The van der Waals surface area contributed by atoms with Gasteiger partial charge in [0.05, 0.1) is 18.2 Å². The molecule has 7 heteroatoms. The molecule has 3 aromatic rings. The Labute approximate surface area is 228 Å². The normalized spacial score (nSPS) is 15.3. The van der Waals surface area contributed by atoms with Crippen LogP contribution in [0.1, 0.15) is 36.1 Å². The van der Waals surface area contributed by atoms with Crippen molar-refractivity contribution in [1.29, 1.82) is 0 Å². The van der Waals surface area contributed by atoms with E-state index in [0.717, 1.165) is 11.1 Å². The van der Waals surface area contributed by atoms with Gasteiger partial charge < -0.3 is 24.2 Å². The van der Waals surface area contributed by atoms with Gasteiger partial charge in [-0.1, -0.05) is 72.8 Å². The number of carbonyl (C=O) groups excluding carboxylic acids is 2. The SMILES string of the molecule is CCOc1cc(C2C(C(=O)/C=C/c3ccccc3)=C(O)C(=O)N2CCCOC)ccc1OCc1ccccc1. The third-order valence-electron chi connectivity index (χ3n) is 6.36. The highest BCUT2D eigenvalue weighted by atomic mass is 16.5. The number of benzene rings is 3. The maximum atomic E-state index is 13.4. The summed E-state index contributed by atoms with van der Waals surface area (Å²) in [6.45, 7) is 3.37. The van der Waals surface area contributed by atoms with Crippen molar-refractivity contribution in [2.75, 3.05) is 26.9 Å². The van der Waals surface area contributed by atoms with E-state index in [9.17, 15) is 14.7 Å². The maximum absolute atomic E-state index is 13.4. The van der Waals surface area contributed by atoms with Gasteiger partial charge >= 0.3 is 0 Å².